The lowest BCUT2D eigenvalue weighted by Gasteiger charge is -2.22. The molecule has 0 unspecified atom stereocenters. The Bertz CT molecular complexity index is 1440. The number of benzene rings is 3. The highest BCUT2D eigenvalue weighted by atomic mass is 32.1. The number of anilines is 1. The zero-order valence-corrected chi connectivity index (χ0v) is 16.6. The Hall–Kier alpha value is -3.31. The summed E-state index contributed by atoms with van der Waals surface area (Å²) >= 11 is 1.62. The third-order valence-electron chi connectivity index (χ3n) is 5.65. The van der Waals surface area contributed by atoms with E-state index in [-0.39, 0.29) is 11.9 Å². The first-order valence-corrected chi connectivity index (χ1v) is 10.5. The zero-order valence-electron chi connectivity index (χ0n) is 15.8. The van der Waals surface area contributed by atoms with Crippen LogP contribution < -0.4 is 4.90 Å². The molecule has 0 fully saturated rings. The van der Waals surface area contributed by atoms with Gasteiger partial charge in [-0.2, -0.15) is 0 Å². The van der Waals surface area contributed by atoms with E-state index in [4.69, 9.17) is 9.97 Å². The summed E-state index contributed by atoms with van der Waals surface area (Å²) in [6, 6.07) is 22.1. The Morgan fingerprint density at radius 1 is 1.00 bits per heavy atom. The van der Waals surface area contributed by atoms with E-state index in [2.05, 4.69) is 13.0 Å². The fourth-order valence-electron chi connectivity index (χ4n) is 4.29. The minimum atomic E-state index is 0.0393. The van der Waals surface area contributed by atoms with Gasteiger partial charge in [-0.25, -0.2) is 9.97 Å². The van der Waals surface area contributed by atoms with Gasteiger partial charge in [0, 0.05) is 27.4 Å². The number of carbonyl (C=O) groups excluding carboxylic acids is 1. The quantitative estimate of drug-likeness (QED) is 0.372. The fraction of sp³-hybridized carbons (Fsp3) is 0.125. The smallest absolute Gasteiger partial charge is 0.258 e. The summed E-state index contributed by atoms with van der Waals surface area (Å²) in [6.07, 6.45) is 0.892. The molecule has 0 spiro atoms. The molecule has 0 N–H and O–H groups in total. The summed E-state index contributed by atoms with van der Waals surface area (Å²) < 4.78 is 1.10. The maximum atomic E-state index is 13.4. The van der Waals surface area contributed by atoms with Gasteiger partial charge in [0.15, 0.2) is 0 Å². The van der Waals surface area contributed by atoms with Gasteiger partial charge in [-0.3, -0.25) is 4.79 Å². The molecule has 4 nitrogen and oxygen atoms in total. The van der Waals surface area contributed by atoms with E-state index in [1.165, 1.54) is 5.56 Å². The Labute approximate surface area is 171 Å². The molecule has 6 rings (SSSR count). The van der Waals surface area contributed by atoms with Crippen LogP contribution in [0.2, 0.25) is 0 Å². The summed E-state index contributed by atoms with van der Waals surface area (Å²) in [7, 11) is 0. The van der Waals surface area contributed by atoms with Gasteiger partial charge in [-0.15, -0.1) is 11.3 Å². The predicted octanol–water partition coefficient (Wildman–Crippen LogP) is 5.59. The van der Waals surface area contributed by atoms with Gasteiger partial charge in [0.1, 0.15) is 10.3 Å². The monoisotopic (exact) mass is 395 g/mol. The molecule has 1 aliphatic rings. The molecule has 5 aromatic rings. The number of para-hydroxylation sites is 3. The molecule has 0 saturated heterocycles. The van der Waals surface area contributed by atoms with Gasteiger partial charge < -0.3 is 4.90 Å². The van der Waals surface area contributed by atoms with Gasteiger partial charge in [0.05, 0.1) is 11.0 Å². The van der Waals surface area contributed by atoms with Crippen LogP contribution in [0.4, 0.5) is 5.69 Å². The Balaban J connectivity index is 1.51. The average molecular weight is 395 g/mol. The summed E-state index contributed by atoms with van der Waals surface area (Å²) in [5.74, 6) is 0.0393. The van der Waals surface area contributed by atoms with Crippen LogP contribution in [0.3, 0.4) is 0 Å². The van der Waals surface area contributed by atoms with E-state index in [9.17, 15) is 4.79 Å². The second-order valence-electron chi connectivity index (χ2n) is 7.54. The molecule has 0 saturated carbocycles. The average Bonchev–Trinajstić information content (AvgIpc) is 3.27. The van der Waals surface area contributed by atoms with Crippen molar-refractivity contribution in [3.05, 3.63) is 77.9 Å². The third-order valence-corrected chi connectivity index (χ3v) is 6.71. The molecule has 5 heteroatoms. The number of hydrogen-bond acceptors (Lipinski definition) is 4. The number of aromatic nitrogens is 2. The number of carbonyl (C=O) groups is 1. The van der Waals surface area contributed by atoms with Crippen molar-refractivity contribution >= 4 is 54.4 Å². The molecule has 2 aromatic heterocycles. The first-order valence-electron chi connectivity index (χ1n) is 9.69. The van der Waals surface area contributed by atoms with Gasteiger partial charge >= 0.3 is 0 Å². The molecule has 29 heavy (non-hydrogen) atoms. The van der Waals surface area contributed by atoms with Gasteiger partial charge in [-0.1, -0.05) is 30.3 Å². The standard InChI is InChI=1S/C24H17N3OS/c1-14-12-15-6-2-5-9-20(15)27(14)24(28)16-10-11-21-17(13-16)22-23(29-21)26-19-8-4-3-7-18(19)25-22/h2-11,13-14H,12H2,1H3/t14-/m1/s1. The molecule has 3 heterocycles. The van der Waals surface area contributed by atoms with Crippen LogP contribution in [0.1, 0.15) is 22.8 Å². The lowest BCUT2D eigenvalue weighted by atomic mass is 10.1. The Morgan fingerprint density at radius 3 is 2.62 bits per heavy atom. The number of fused-ring (bicyclic) bond motifs is 5. The molecule has 140 valence electrons. The molecule has 1 amide bonds. The second kappa shape index (κ2) is 6.09. The van der Waals surface area contributed by atoms with Crippen molar-refractivity contribution < 1.29 is 4.79 Å². The maximum absolute atomic E-state index is 13.4. The molecule has 0 aliphatic carbocycles. The SMILES string of the molecule is C[C@@H]1Cc2ccccc2N1C(=O)c1ccc2sc3nc4ccccc4nc3c2c1. The van der Waals surface area contributed by atoms with E-state index in [1.54, 1.807) is 11.3 Å². The zero-order chi connectivity index (χ0) is 19.5. The van der Waals surface area contributed by atoms with Crippen LogP contribution in [-0.2, 0) is 6.42 Å². The summed E-state index contributed by atoms with van der Waals surface area (Å²) in [6.45, 7) is 2.11. The molecule has 1 aliphatic heterocycles. The van der Waals surface area contributed by atoms with Crippen LogP contribution in [0, 0.1) is 0 Å². The van der Waals surface area contributed by atoms with Crippen molar-refractivity contribution in [1.82, 2.24) is 9.97 Å². The summed E-state index contributed by atoms with van der Waals surface area (Å²) in [4.78, 5) is 25.9. The normalized spacial score (nSPS) is 16.0. The van der Waals surface area contributed by atoms with Crippen molar-refractivity contribution in [3.8, 4) is 0 Å². The van der Waals surface area contributed by atoms with Crippen molar-refractivity contribution in [2.45, 2.75) is 19.4 Å². The largest absolute Gasteiger partial charge is 0.305 e. The maximum Gasteiger partial charge on any atom is 0.258 e. The number of amides is 1. The summed E-state index contributed by atoms with van der Waals surface area (Å²) in [5.41, 5.74) is 5.58. The van der Waals surface area contributed by atoms with E-state index < -0.39 is 0 Å². The first kappa shape index (κ1) is 16.6. The highest BCUT2D eigenvalue weighted by Gasteiger charge is 2.31. The molecular weight excluding hydrogens is 378 g/mol. The van der Waals surface area contributed by atoms with E-state index in [0.717, 1.165) is 43.6 Å². The minimum Gasteiger partial charge on any atom is -0.305 e. The Morgan fingerprint density at radius 2 is 1.76 bits per heavy atom. The van der Waals surface area contributed by atoms with E-state index in [0.29, 0.717) is 5.56 Å². The first-order chi connectivity index (χ1) is 14.2. The minimum absolute atomic E-state index is 0.0393. The van der Waals surface area contributed by atoms with Gasteiger partial charge in [0.25, 0.3) is 5.91 Å². The molecule has 1 atom stereocenters. The third kappa shape index (κ3) is 2.47. The fourth-order valence-corrected chi connectivity index (χ4v) is 5.29. The van der Waals surface area contributed by atoms with Crippen LogP contribution >= 0.6 is 11.3 Å². The number of rotatable bonds is 1. The van der Waals surface area contributed by atoms with Crippen LogP contribution in [0.15, 0.2) is 66.7 Å². The van der Waals surface area contributed by atoms with Crippen molar-refractivity contribution in [1.29, 1.82) is 0 Å². The lowest BCUT2D eigenvalue weighted by Crippen LogP contribution is -2.35. The van der Waals surface area contributed by atoms with Crippen molar-refractivity contribution in [2.75, 3.05) is 4.90 Å². The number of hydrogen-bond donors (Lipinski definition) is 0. The topological polar surface area (TPSA) is 46.1 Å². The lowest BCUT2D eigenvalue weighted by molar-refractivity contribution is 0.0981. The number of thiophene rings is 1. The van der Waals surface area contributed by atoms with Crippen LogP contribution in [0.25, 0.3) is 31.5 Å². The molecule has 0 bridgehead atoms. The second-order valence-corrected chi connectivity index (χ2v) is 8.57. The van der Waals surface area contributed by atoms with E-state index in [1.807, 2.05) is 65.6 Å². The molecule has 0 radical (unpaired) electrons. The predicted molar refractivity (Wildman–Crippen MR) is 119 cm³/mol. The highest BCUT2D eigenvalue weighted by Crippen LogP contribution is 2.36. The van der Waals surface area contributed by atoms with Gasteiger partial charge in [0.2, 0.25) is 0 Å². The Kier molecular flexibility index (Phi) is 3.49. The van der Waals surface area contributed by atoms with E-state index >= 15 is 0 Å². The number of nitrogens with zero attached hydrogens (tertiary/aromatic N) is 3. The van der Waals surface area contributed by atoms with Crippen molar-refractivity contribution in [2.24, 2.45) is 0 Å². The van der Waals surface area contributed by atoms with Crippen LogP contribution in [0.5, 0.6) is 0 Å². The van der Waals surface area contributed by atoms with Gasteiger partial charge in [-0.05, 0) is 55.3 Å². The van der Waals surface area contributed by atoms with Crippen molar-refractivity contribution in [3.63, 3.8) is 0 Å². The molecule has 3 aromatic carbocycles. The van der Waals surface area contributed by atoms with Crippen LogP contribution in [-0.4, -0.2) is 21.9 Å². The summed E-state index contributed by atoms with van der Waals surface area (Å²) in [5, 5.41) is 0.995. The molecular formula is C24H17N3OS. The highest BCUT2D eigenvalue weighted by molar-refractivity contribution is 7.25.